The Morgan fingerprint density at radius 2 is 1.60 bits per heavy atom. The first kappa shape index (κ1) is 28.3. The molecule has 40 heavy (non-hydrogen) atoms. The Kier molecular flexibility index (Phi) is 8.31. The number of hydrogen-bond donors (Lipinski definition) is 2. The van der Waals surface area contributed by atoms with E-state index in [9.17, 15) is 14.7 Å². The summed E-state index contributed by atoms with van der Waals surface area (Å²) in [6, 6.07) is 15.5. The van der Waals surface area contributed by atoms with E-state index in [4.69, 9.17) is 50.0 Å². The van der Waals surface area contributed by atoms with Crippen molar-refractivity contribution in [1.82, 2.24) is 0 Å². The number of benzene rings is 3. The van der Waals surface area contributed by atoms with Crippen LogP contribution in [0, 0.1) is 5.92 Å². The van der Waals surface area contributed by atoms with Crippen LogP contribution in [0.15, 0.2) is 60.2 Å². The molecule has 2 aliphatic rings. The largest absolute Gasteiger partial charge is 0.496 e. The molecule has 2 fully saturated rings. The van der Waals surface area contributed by atoms with Crippen LogP contribution in [0.3, 0.4) is 0 Å². The molecule has 0 atom stereocenters. The van der Waals surface area contributed by atoms with E-state index in [2.05, 4.69) is 0 Å². The number of halogens is 3. The van der Waals surface area contributed by atoms with Crippen molar-refractivity contribution in [2.45, 2.75) is 37.5 Å². The van der Waals surface area contributed by atoms with Crippen LogP contribution < -0.4 is 15.2 Å². The molecule has 2 aliphatic carbocycles. The molecule has 9 heteroatoms. The van der Waals surface area contributed by atoms with E-state index in [1.54, 1.807) is 49.6 Å². The fourth-order valence-corrected chi connectivity index (χ4v) is 6.10. The van der Waals surface area contributed by atoms with Gasteiger partial charge in [0.25, 0.3) is 0 Å². The Morgan fingerprint density at radius 3 is 2.20 bits per heavy atom. The van der Waals surface area contributed by atoms with E-state index in [1.165, 1.54) is 0 Å². The molecule has 6 nitrogen and oxygen atoms in total. The first-order chi connectivity index (χ1) is 19.2. The van der Waals surface area contributed by atoms with E-state index in [0.29, 0.717) is 37.7 Å². The highest BCUT2D eigenvalue weighted by Gasteiger charge is 2.36. The Hall–Kier alpha value is -3.19. The predicted octanol–water partition coefficient (Wildman–Crippen LogP) is 7.74. The molecule has 0 aliphatic heterocycles. The summed E-state index contributed by atoms with van der Waals surface area (Å²) in [7, 11) is 1.58. The number of carbonyl (C=O) groups is 2. The summed E-state index contributed by atoms with van der Waals surface area (Å²) in [5, 5.41) is 10.7. The summed E-state index contributed by atoms with van der Waals surface area (Å²) < 4.78 is 11.5. The molecule has 0 spiro atoms. The minimum absolute atomic E-state index is 0.0381. The fourth-order valence-electron chi connectivity index (χ4n) is 5.18. The molecular weight excluding hydrogens is 573 g/mol. The van der Waals surface area contributed by atoms with Gasteiger partial charge >= 0.3 is 5.97 Å². The van der Waals surface area contributed by atoms with Crippen LogP contribution in [0.1, 0.15) is 64.6 Å². The van der Waals surface area contributed by atoms with Crippen molar-refractivity contribution in [2.75, 3.05) is 13.7 Å². The molecule has 208 valence electrons. The number of methoxy groups -OCH3 is 1. The molecule has 3 aromatic carbocycles. The lowest BCUT2D eigenvalue weighted by Crippen LogP contribution is -2.21. The number of hydrogen-bond acceptors (Lipinski definition) is 5. The van der Waals surface area contributed by atoms with E-state index >= 15 is 0 Å². The number of rotatable bonds is 10. The fraction of sp³-hybridized carbons (Fsp3) is 0.290. The Balaban J connectivity index is 1.30. The van der Waals surface area contributed by atoms with E-state index in [-0.39, 0.29) is 41.4 Å². The maximum absolute atomic E-state index is 13.1. The molecule has 3 aromatic rings. The predicted molar refractivity (Wildman–Crippen MR) is 157 cm³/mol. The smallest absolute Gasteiger partial charge is 0.335 e. The first-order valence-corrected chi connectivity index (χ1v) is 14.1. The van der Waals surface area contributed by atoms with Gasteiger partial charge in [0, 0.05) is 16.5 Å². The number of carboxylic acid groups (broad SMARTS) is 1. The number of nitrogens with two attached hydrogens (primary N) is 1. The van der Waals surface area contributed by atoms with Crippen molar-refractivity contribution in [1.29, 1.82) is 0 Å². The van der Waals surface area contributed by atoms with Crippen LogP contribution >= 0.6 is 34.8 Å². The highest BCUT2D eigenvalue weighted by atomic mass is 35.5. The van der Waals surface area contributed by atoms with Gasteiger partial charge in [0.15, 0.2) is 5.78 Å². The number of ether oxygens (including phenoxy) is 2. The van der Waals surface area contributed by atoms with Gasteiger partial charge in [-0.25, -0.2) is 4.79 Å². The van der Waals surface area contributed by atoms with Crippen LogP contribution in [0.5, 0.6) is 11.5 Å². The second-order valence-corrected chi connectivity index (χ2v) is 11.4. The second-order valence-electron chi connectivity index (χ2n) is 10.2. The van der Waals surface area contributed by atoms with E-state index in [0.717, 1.165) is 36.8 Å². The average Bonchev–Trinajstić information content (AvgIpc) is 3.74. The number of aromatic carboxylic acids is 1. The van der Waals surface area contributed by atoms with Gasteiger partial charge < -0.3 is 20.3 Å². The summed E-state index contributed by atoms with van der Waals surface area (Å²) >= 11 is 19.4. The zero-order chi connectivity index (χ0) is 28.6. The zero-order valence-corrected chi connectivity index (χ0v) is 24.0. The SMILES string of the molecule is COc1ccc(C(=O)O)cc1C1CC(c2ccc(OCC(C(=O)C3CC3)=C(N)c3c(Cl)cccc3Cl)cc2Cl)C1. The molecule has 0 bridgehead atoms. The molecule has 0 saturated heterocycles. The van der Waals surface area contributed by atoms with Crippen molar-refractivity contribution in [3.8, 4) is 11.5 Å². The maximum atomic E-state index is 13.1. The lowest BCUT2D eigenvalue weighted by Gasteiger charge is -2.37. The molecule has 2 saturated carbocycles. The molecular formula is C31H28Cl3NO5. The van der Waals surface area contributed by atoms with Gasteiger partial charge in [-0.3, -0.25) is 4.79 Å². The summed E-state index contributed by atoms with van der Waals surface area (Å²) in [4.78, 5) is 24.5. The van der Waals surface area contributed by atoms with Gasteiger partial charge in [-0.15, -0.1) is 0 Å². The van der Waals surface area contributed by atoms with E-state index < -0.39 is 5.97 Å². The quantitative estimate of drug-likeness (QED) is 0.231. The monoisotopic (exact) mass is 599 g/mol. The van der Waals surface area contributed by atoms with Crippen molar-refractivity contribution < 1.29 is 24.2 Å². The Labute approximate surface area is 247 Å². The lowest BCUT2D eigenvalue weighted by molar-refractivity contribution is -0.116. The summed E-state index contributed by atoms with van der Waals surface area (Å²) in [6.07, 6.45) is 3.27. The van der Waals surface area contributed by atoms with Gasteiger partial charge in [-0.1, -0.05) is 46.9 Å². The first-order valence-electron chi connectivity index (χ1n) is 13.0. The van der Waals surface area contributed by atoms with Crippen molar-refractivity contribution in [2.24, 2.45) is 11.7 Å². The van der Waals surface area contributed by atoms with Crippen LogP contribution in [0.4, 0.5) is 0 Å². The maximum Gasteiger partial charge on any atom is 0.335 e. The highest BCUT2D eigenvalue weighted by Crippen LogP contribution is 2.51. The van der Waals surface area contributed by atoms with Crippen LogP contribution in [-0.4, -0.2) is 30.6 Å². The average molecular weight is 601 g/mol. The standard InChI is InChI=1S/C31H28Cl3NO5/c1-39-27-10-7-17(31(37)38)13-22(27)19-11-18(12-19)21-9-8-20(14-26(21)34)40-15-23(30(36)16-5-6-16)29(35)28-24(32)3-2-4-25(28)33/h2-4,7-10,13-14,16,18-19H,5-6,11-12,15,35H2,1H3,(H,37,38). The molecule has 3 N–H and O–H groups in total. The van der Waals surface area contributed by atoms with Crippen LogP contribution in [0.25, 0.3) is 5.70 Å². The van der Waals surface area contributed by atoms with Crippen molar-refractivity contribution >= 4 is 52.3 Å². The minimum atomic E-state index is -0.966. The van der Waals surface area contributed by atoms with Gasteiger partial charge in [0.2, 0.25) is 0 Å². The third kappa shape index (κ3) is 5.80. The second kappa shape index (κ2) is 11.7. The summed E-state index contributed by atoms with van der Waals surface area (Å²) in [5.74, 6) is 0.503. The van der Waals surface area contributed by atoms with Crippen molar-refractivity contribution in [3.05, 3.63) is 97.5 Å². The summed E-state index contributed by atoms with van der Waals surface area (Å²) in [6.45, 7) is -0.0381. The third-order valence-corrected chi connectivity index (χ3v) is 8.61. The van der Waals surface area contributed by atoms with Crippen LogP contribution in [0.2, 0.25) is 15.1 Å². The molecule has 0 unspecified atom stereocenters. The van der Waals surface area contributed by atoms with Crippen LogP contribution in [-0.2, 0) is 4.79 Å². The van der Waals surface area contributed by atoms with Gasteiger partial charge in [0.1, 0.15) is 18.1 Å². The number of carboxylic acids is 1. The Morgan fingerprint density at radius 1 is 0.925 bits per heavy atom. The highest BCUT2D eigenvalue weighted by molar-refractivity contribution is 6.37. The third-order valence-electron chi connectivity index (χ3n) is 7.65. The minimum Gasteiger partial charge on any atom is -0.496 e. The van der Waals surface area contributed by atoms with Gasteiger partial charge in [0.05, 0.1) is 34.0 Å². The number of carbonyl (C=O) groups excluding carboxylic acids is 1. The molecule has 0 radical (unpaired) electrons. The summed E-state index contributed by atoms with van der Waals surface area (Å²) in [5.41, 5.74) is 9.56. The van der Waals surface area contributed by atoms with Crippen molar-refractivity contribution in [3.63, 3.8) is 0 Å². The number of ketones is 1. The molecule has 0 amide bonds. The van der Waals surface area contributed by atoms with Gasteiger partial charge in [-0.05, 0) is 91.1 Å². The lowest BCUT2D eigenvalue weighted by atomic mass is 9.68. The molecule has 0 aromatic heterocycles. The van der Waals surface area contributed by atoms with E-state index in [1.807, 2.05) is 12.1 Å². The molecule has 0 heterocycles. The molecule has 5 rings (SSSR count). The number of Topliss-reactive ketones (excluding diaryl/α,β-unsaturated/α-hetero) is 1. The zero-order valence-electron chi connectivity index (χ0n) is 21.8. The normalized spacial score (nSPS) is 18.9. The Bertz CT molecular complexity index is 1490. The topological polar surface area (TPSA) is 98.9 Å². The van der Waals surface area contributed by atoms with Gasteiger partial charge in [-0.2, -0.15) is 0 Å².